The van der Waals surface area contributed by atoms with Gasteiger partial charge in [-0.25, -0.2) is 0 Å². The number of rotatable bonds is 3. The van der Waals surface area contributed by atoms with Crippen molar-refractivity contribution in [2.45, 2.75) is 6.10 Å². The lowest BCUT2D eigenvalue weighted by molar-refractivity contribution is 0.215. The fraction of sp³-hybridized carbons (Fsp3) is 0.143. The van der Waals surface area contributed by atoms with E-state index < -0.39 is 17.6 Å². The Bertz CT molecular complexity index is 628. The SMILES string of the molecule is COc1ccc(C(O)c2cc(Cl)c(O)c(N)c2O)cc1. The number of nitrogens with two attached hydrogens (primary N) is 1. The van der Waals surface area contributed by atoms with Gasteiger partial charge in [0.15, 0.2) is 5.75 Å². The van der Waals surface area contributed by atoms with Crippen LogP contribution in [0.5, 0.6) is 17.2 Å². The van der Waals surface area contributed by atoms with E-state index in [1.165, 1.54) is 13.2 Å². The minimum absolute atomic E-state index is 0.0390. The molecule has 0 saturated heterocycles. The highest BCUT2D eigenvalue weighted by atomic mass is 35.5. The Morgan fingerprint density at radius 3 is 2.30 bits per heavy atom. The van der Waals surface area contributed by atoms with Gasteiger partial charge in [0.2, 0.25) is 0 Å². The Kier molecular flexibility index (Phi) is 3.92. The summed E-state index contributed by atoms with van der Waals surface area (Å²) in [6, 6.07) is 7.94. The summed E-state index contributed by atoms with van der Waals surface area (Å²) in [6.45, 7) is 0. The standard InChI is InChI=1S/C14H14ClNO4/c1-20-8-4-2-7(3-5-8)12(17)9-6-10(15)14(19)11(16)13(9)18/h2-6,12,17-19H,16H2,1H3. The maximum atomic E-state index is 10.3. The van der Waals surface area contributed by atoms with Crippen molar-refractivity contribution in [2.24, 2.45) is 0 Å². The first-order valence-electron chi connectivity index (χ1n) is 5.77. The summed E-state index contributed by atoms with van der Waals surface area (Å²) in [5, 5.41) is 29.7. The van der Waals surface area contributed by atoms with Crippen LogP contribution in [-0.2, 0) is 0 Å². The second-order valence-electron chi connectivity index (χ2n) is 4.23. The van der Waals surface area contributed by atoms with E-state index in [4.69, 9.17) is 22.1 Å². The van der Waals surface area contributed by atoms with Gasteiger partial charge in [-0.05, 0) is 23.8 Å². The van der Waals surface area contributed by atoms with Crippen LogP contribution in [0.15, 0.2) is 30.3 Å². The summed E-state index contributed by atoms with van der Waals surface area (Å²) >= 11 is 5.80. The van der Waals surface area contributed by atoms with E-state index in [2.05, 4.69) is 0 Å². The molecular weight excluding hydrogens is 282 g/mol. The molecule has 0 heterocycles. The predicted octanol–water partition coefficient (Wildman–Crippen LogP) is 2.42. The minimum atomic E-state index is -1.12. The Labute approximate surface area is 120 Å². The lowest BCUT2D eigenvalue weighted by atomic mass is 9.99. The van der Waals surface area contributed by atoms with Crippen molar-refractivity contribution in [2.75, 3.05) is 12.8 Å². The Morgan fingerprint density at radius 2 is 1.75 bits per heavy atom. The molecule has 5 nitrogen and oxygen atoms in total. The Morgan fingerprint density at radius 1 is 1.15 bits per heavy atom. The lowest BCUT2D eigenvalue weighted by Gasteiger charge is -2.16. The molecule has 0 aliphatic carbocycles. The van der Waals surface area contributed by atoms with Crippen molar-refractivity contribution in [1.29, 1.82) is 0 Å². The van der Waals surface area contributed by atoms with E-state index in [0.717, 1.165) is 0 Å². The average Bonchev–Trinajstić information content (AvgIpc) is 2.48. The molecule has 5 N–H and O–H groups in total. The molecule has 2 aromatic carbocycles. The third-order valence-corrected chi connectivity index (χ3v) is 3.31. The summed E-state index contributed by atoms with van der Waals surface area (Å²) in [6.07, 6.45) is -1.12. The molecule has 6 heteroatoms. The Hall–Kier alpha value is -2.11. The molecule has 0 spiro atoms. The van der Waals surface area contributed by atoms with E-state index in [9.17, 15) is 15.3 Å². The molecule has 0 bridgehead atoms. The largest absolute Gasteiger partial charge is 0.505 e. The summed E-state index contributed by atoms with van der Waals surface area (Å²) in [4.78, 5) is 0. The fourth-order valence-corrected chi connectivity index (χ4v) is 2.06. The number of hydrogen-bond acceptors (Lipinski definition) is 5. The molecule has 106 valence electrons. The molecule has 0 aromatic heterocycles. The van der Waals surface area contributed by atoms with Crippen LogP contribution >= 0.6 is 11.6 Å². The molecule has 0 radical (unpaired) electrons. The van der Waals surface area contributed by atoms with Crippen molar-refractivity contribution < 1.29 is 20.1 Å². The van der Waals surface area contributed by atoms with Crippen molar-refractivity contribution in [1.82, 2.24) is 0 Å². The number of nitrogen functional groups attached to an aromatic ring is 1. The quantitative estimate of drug-likeness (QED) is 0.515. The number of aliphatic hydroxyl groups is 1. The number of aliphatic hydroxyl groups excluding tert-OH is 1. The fourth-order valence-electron chi connectivity index (χ4n) is 1.84. The van der Waals surface area contributed by atoms with Gasteiger partial charge >= 0.3 is 0 Å². The first-order chi connectivity index (χ1) is 9.45. The number of aromatic hydroxyl groups is 2. The van der Waals surface area contributed by atoms with Gasteiger partial charge in [0.25, 0.3) is 0 Å². The number of methoxy groups -OCH3 is 1. The summed E-state index contributed by atoms with van der Waals surface area (Å²) in [7, 11) is 1.54. The van der Waals surface area contributed by atoms with Gasteiger partial charge in [-0.15, -0.1) is 0 Å². The summed E-state index contributed by atoms with van der Waals surface area (Å²) in [5.74, 6) is -0.154. The second-order valence-corrected chi connectivity index (χ2v) is 4.64. The first-order valence-corrected chi connectivity index (χ1v) is 6.15. The third kappa shape index (κ3) is 2.45. The van der Waals surface area contributed by atoms with Crippen LogP contribution in [0.4, 0.5) is 5.69 Å². The lowest BCUT2D eigenvalue weighted by Crippen LogP contribution is -2.02. The van der Waals surface area contributed by atoms with Crippen LogP contribution in [-0.4, -0.2) is 22.4 Å². The molecule has 2 aromatic rings. The molecule has 1 atom stereocenters. The Balaban J connectivity index is 2.44. The highest BCUT2D eigenvalue weighted by Gasteiger charge is 2.20. The van der Waals surface area contributed by atoms with E-state index in [1.54, 1.807) is 24.3 Å². The zero-order chi connectivity index (χ0) is 14.9. The molecule has 0 fully saturated rings. The number of phenols is 2. The van der Waals surface area contributed by atoms with Crippen molar-refractivity contribution in [3.63, 3.8) is 0 Å². The molecule has 0 aliphatic rings. The van der Waals surface area contributed by atoms with E-state index in [0.29, 0.717) is 11.3 Å². The van der Waals surface area contributed by atoms with Gasteiger partial charge < -0.3 is 25.8 Å². The number of ether oxygens (including phenoxy) is 1. The second kappa shape index (κ2) is 5.48. The average molecular weight is 296 g/mol. The predicted molar refractivity (Wildman–Crippen MR) is 76.2 cm³/mol. The van der Waals surface area contributed by atoms with Crippen LogP contribution in [0.3, 0.4) is 0 Å². The van der Waals surface area contributed by atoms with Gasteiger partial charge in [0.05, 0.1) is 12.1 Å². The molecule has 2 rings (SSSR count). The zero-order valence-electron chi connectivity index (χ0n) is 10.7. The van der Waals surface area contributed by atoms with Gasteiger partial charge in [0, 0.05) is 5.56 Å². The number of hydrogen-bond donors (Lipinski definition) is 4. The van der Waals surface area contributed by atoms with Crippen LogP contribution in [0, 0.1) is 0 Å². The van der Waals surface area contributed by atoms with E-state index >= 15 is 0 Å². The highest BCUT2D eigenvalue weighted by Crippen LogP contribution is 2.43. The van der Waals surface area contributed by atoms with Gasteiger partial charge in [-0.1, -0.05) is 23.7 Å². The van der Waals surface area contributed by atoms with Crippen molar-refractivity contribution in [3.05, 3.63) is 46.5 Å². The zero-order valence-corrected chi connectivity index (χ0v) is 11.4. The molecule has 0 saturated carbocycles. The van der Waals surface area contributed by atoms with Crippen LogP contribution < -0.4 is 10.5 Å². The van der Waals surface area contributed by atoms with Gasteiger partial charge in [-0.2, -0.15) is 0 Å². The third-order valence-electron chi connectivity index (χ3n) is 3.02. The maximum absolute atomic E-state index is 10.3. The first kappa shape index (κ1) is 14.3. The smallest absolute Gasteiger partial charge is 0.161 e. The van der Waals surface area contributed by atoms with Crippen LogP contribution in [0.1, 0.15) is 17.2 Å². The van der Waals surface area contributed by atoms with Gasteiger partial charge in [-0.3, -0.25) is 0 Å². The normalized spacial score (nSPS) is 12.2. The monoisotopic (exact) mass is 295 g/mol. The summed E-state index contributed by atoms with van der Waals surface area (Å²) < 4.78 is 5.03. The molecule has 0 aliphatic heterocycles. The topological polar surface area (TPSA) is 95.9 Å². The molecule has 20 heavy (non-hydrogen) atoms. The number of phenolic OH excluding ortho intramolecular Hbond substituents is 2. The van der Waals surface area contributed by atoms with Crippen LogP contribution in [0.2, 0.25) is 5.02 Å². The van der Waals surface area contributed by atoms with E-state index in [-0.39, 0.29) is 16.3 Å². The molecule has 0 amide bonds. The van der Waals surface area contributed by atoms with Gasteiger partial charge in [0.1, 0.15) is 23.3 Å². The highest BCUT2D eigenvalue weighted by molar-refractivity contribution is 6.32. The van der Waals surface area contributed by atoms with Crippen molar-refractivity contribution in [3.8, 4) is 17.2 Å². The minimum Gasteiger partial charge on any atom is -0.505 e. The number of anilines is 1. The molecule has 1 unspecified atom stereocenters. The summed E-state index contributed by atoms with van der Waals surface area (Å²) in [5.41, 5.74) is 5.92. The maximum Gasteiger partial charge on any atom is 0.161 e. The van der Waals surface area contributed by atoms with Crippen LogP contribution in [0.25, 0.3) is 0 Å². The van der Waals surface area contributed by atoms with E-state index in [1.807, 2.05) is 0 Å². The number of benzene rings is 2. The molecular formula is C14H14ClNO4. The number of halogens is 1. The van der Waals surface area contributed by atoms with Crippen molar-refractivity contribution >= 4 is 17.3 Å².